The van der Waals surface area contributed by atoms with Crippen molar-refractivity contribution in [2.75, 3.05) is 5.32 Å². The molecule has 1 heterocycles. The number of carbonyl (C=O) groups is 1. The minimum atomic E-state index is -0.0689. The standard InChI is InChI=1S/C10H8ClNO/c1-5-3-7(11)4-8-9(5)12-6(2)10(8)13/h3-4,12H,2H2,1H3. The summed E-state index contributed by atoms with van der Waals surface area (Å²) in [6, 6.07) is 3.48. The molecule has 2 nitrogen and oxygen atoms in total. The van der Waals surface area contributed by atoms with Crippen molar-refractivity contribution < 1.29 is 4.79 Å². The quantitative estimate of drug-likeness (QED) is 0.642. The normalized spacial score (nSPS) is 14.3. The number of anilines is 1. The molecule has 0 amide bonds. The number of fused-ring (bicyclic) bond motifs is 1. The van der Waals surface area contributed by atoms with Gasteiger partial charge in [-0.2, -0.15) is 0 Å². The lowest BCUT2D eigenvalue weighted by atomic mass is 10.1. The second kappa shape index (κ2) is 2.60. The SMILES string of the molecule is C=C1Nc2c(C)cc(Cl)cc2C1=O. The molecular formula is C10H8ClNO. The summed E-state index contributed by atoms with van der Waals surface area (Å²) in [5, 5.41) is 3.52. The predicted octanol–water partition coefficient (Wildman–Crippen LogP) is 2.77. The number of rotatable bonds is 0. The second-order valence-corrected chi connectivity index (χ2v) is 3.51. The maximum atomic E-state index is 11.5. The van der Waals surface area contributed by atoms with Gasteiger partial charge in [0.15, 0.2) is 0 Å². The van der Waals surface area contributed by atoms with Gasteiger partial charge >= 0.3 is 0 Å². The van der Waals surface area contributed by atoms with Crippen LogP contribution in [0.25, 0.3) is 0 Å². The Morgan fingerprint density at radius 1 is 1.46 bits per heavy atom. The number of nitrogens with one attached hydrogen (secondary N) is 1. The fraction of sp³-hybridized carbons (Fsp3) is 0.100. The van der Waals surface area contributed by atoms with E-state index in [1.807, 2.05) is 13.0 Å². The third-order valence-corrected chi connectivity index (χ3v) is 2.31. The Morgan fingerprint density at radius 3 is 2.85 bits per heavy atom. The van der Waals surface area contributed by atoms with Crippen LogP contribution in [-0.2, 0) is 0 Å². The van der Waals surface area contributed by atoms with E-state index in [1.54, 1.807) is 6.07 Å². The van der Waals surface area contributed by atoms with E-state index in [9.17, 15) is 4.79 Å². The molecule has 0 aromatic heterocycles. The van der Waals surface area contributed by atoms with Gasteiger partial charge in [0, 0.05) is 10.6 Å². The van der Waals surface area contributed by atoms with Crippen LogP contribution in [0.5, 0.6) is 0 Å². The Hall–Kier alpha value is -1.28. The molecule has 1 aromatic rings. The van der Waals surface area contributed by atoms with Gasteiger partial charge in [-0.05, 0) is 24.6 Å². The van der Waals surface area contributed by atoms with Crippen molar-refractivity contribution in [3.8, 4) is 0 Å². The van der Waals surface area contributed by atoms with Crippen LogP contribution in [0, 0.1) is 6.92 Å². The third-order valence-electron chi connectivity index (χ3n) is 2.09. The average Bonchev–Trinajstić information content (AvgIpc) is 2.32. The molecule has 0 saturated carbocycles. The average molecular weight is 194 g/mol. The molecular weight excluding hydrogens is 186 g/mol. The summed E-state index contributed by atoms with van der Waals surface area (Å²) >= 11 is 5.83. The van der Waals surface area contributed by atoms with E-state index >= 15 is 0 Å². The molecule has 1 aromatic carbocycles. The zero-order valence-electron chi connectivity index (χ0n) is 7.15. The first-order valence-corrected chi connectivity index (χ1v) is 4.28. The molecule has 13 heavy (non-hydrogen) atoms. The molecule has 1 N–H and O–H groups in total. The van der Waals surface area contributed by atoms with Crippen molar-refractivity contribution in [3.05, 3.63) is 40.6 Å². The topological polar surface area (TPSA) is 29.1 Å². The summed E-state index contributed by atoms with van der Waals surface area (Å²) in [5.41, 5.74) is 2.84. The molecule has 0 spiro atoms. The minimum Gasteiger partial charge on any atom is -0.352 e. The van der Waals surface area contributed by atoms with Gasteiger partial charge in [-0.1, -0.05) is 18.2 Å². The maximum Gasteiger partial charge on any atom is 0.210 e. The van der Waals surface area contributed by atoms with Crippen LogP contribution < -0.4 is 5.32 Å². The van der Waals surface area contributed by atoms with Crippen molar-refractivity contribution in [3.63, 3.8) is 0 Å². The summed E-state index contributed by atoms with van der Waals surface area (Å²) < 4.78 is 0. The van der Waals surface area contributed by atoms with Crippen LogP contribution in [0.4, 0.5) is 5.69 Å². The number of allylic oxidation sites excluding steroid dienone is 1. The summed E-state index contributed by atoms with van der Waals surface area (Å²) in [5.74, 6) is -0.0689. The van der Waals surface area contributed by atoms with Crippen molar-refractivity contribution in [2.45, 2.75) is 6.92 Å². The number of benzene rings is 1. The van der Waals surface area contributed by atoms with E-state index in [-0.39, 0.29) is 5.78 Å². The Bertz CT molecular complexity index is 423. The number of halogens is 1. The fourth-order valence-corrected chi connectivity index (χ4v) is 1.73. The summed E-state index contributed by atoms with van der Waals surface area (Å²) in [4.78, 5) is 11.5. The van der Waals surface area contributed by atoms with Crippen molar-refractivity contribution >= 4 is 23.1 Å². The van der Waals surface area contributed by atoms with E-state index < -0.39 is 0 Å². The number of aryl methyl sites for hydroxylation is 1. The third kappa shape index (κ3) is 1.14. The molecule has 1 aliphatic rings. The molecule has 2 rings (SSSR count). The van der Waals surface area contributed by atoms with Gasteiger partial charge in [-0.15, -0.1) is 0 Å². The second-order valence-electron chi connectivity index (χ2n) is 3.08. The Balaban J connectivity index is 2.70. The van der Waals surface area contributed by atoms with Crippen LogP contribution in [0.2, 0.25) is 5.02 Å². The van der Waals surface area contributed by atoms with Gasteiger partial charge < -0.3 is 5.32 Å². The summed E-state index contributed by atoms with van der Waals surface area (Å²) in [7, 11) is 0. The highest BCUT2D eigenvalue weighted by atomic mass is 35.5. The Kier molecular flexibility index (Phi) is 1.67. The maximum absolute atomic E-state index is 11.5. The van der Waals surface area contributed by atoms with Crippen LogP contribution in [0.15, 0.2) is 24.4 Å². The van der Waals surface area contributed by atoms with Crippen molar-refractivity contribution in [1.82, 2.24) is 0 Å². The first kappa shape index (κ1) is 8.32. The summed E-state index contributed by atoms with van der Waals surface area (Å²) in [6.07, 6.45) is 0. The molecule has 0 saturated heterocycles. The van der Waals surface area contributed by atoms with E-state index in [4.69, 9.17) is 11.6 Å². The lowest BCUT2D eigenvalue weighted by Crippen LogP contribution is -1.96. The van der Waals surface area contributed by atoms with Crippen LogP contribution in [0.3, 0.4) is 0 Å². The molecule has 0 fully saturated rings. The Labute approximate surface area is 81.2 Å². The minimum absolute atomic E-state index is 0.0689. The number of carbonyl (C=O) groups excluding carboxylic acids is 1. The number of hydrogen-bond donors (Lipinski definition) is 1. The van der Waals surface area contributed by atoms with Gasteiger partial charge in [0.25, 0.3) is 0 Å². The smallest absolute Gasteiger partial charge is 0.210 e. The molecule has 3 heteroatoms. The van der Waals surface area contributed by atoms with E-state index in [0.29, 0.717) is 16.3 Å². The molecule has 0 bridgehead atoms. The molecule has 1 aliphatic heterocycles. The van der Waals surface area contributed by atoms with Crippen LogP contribution >= 0.6 is 11.6 Å². The number of ketones is 1. The van der Waals surface area contributed by atoms with Crippen LogP contribution in [-0.4, -0.2) is 5.78 Å². The van der Waals surface area contributed by atoms with E-state index in [2.05, 4.69) is 11.9 Å². The number of hydrogen-bond acceptors (Lipinski definition) is 2. The summed E-state index contributed by atoms with van der Waals surface area (Å²) in [6.45, 7) is 5.52. The highest BCUT2D eigenvalue weighted by Gasteiger charge is 2.24. The molecule has 0 radical (unpaired) electrons. The lowest BCUT2D eigenvalue weighted by molar-refractivity contribution is 0.104. The van der Waals surface area contributed by atoms with Crippen molar-refractivity contribution in [2.24, 2.45) is 0 Å². The monoisotopic (exact) mass is 193 g/mol. The van der Waals surface area contributed by atoms with Gasteiger partial charge in [-0.3, -0.25) is 4.79 Å². The zero-order valence-corrected chi connectivity index (χ0v) is 7.90. The molecule has 0 aliphatic carbocycles. The number of Topliss-reactive ketones (excluding diaryl/α,β-unsaturated/α-hetero) is 1. The van der Waals surface area contributed by atoms with Crippen molar-refractivity contribution in [1.29, 1.82) is 0 Å². The molecule has 0 atom stereocenters. The van der Waals surface area contributed by atoms with Gasteiger partial charge in [-0.25, -0.2) is 0 Å². The van der Waals surface area contributed by atoms with E-state index in [0.717, 1.165) is 11.3 Å². The highest BCUT2D eigenvalue weighted by molar-refractivity contribution is 6.32. The van der Waals surface area contributed by atoms with E-state index in [1.165, 1.54) is 0 Å². The molecule has 66 valence electrons. The Morgan fingerprint density at radius 2 is 2.15 bits per heavy atom. The highest BCUT2D eigenvalue weighted by Crippen LogP contribution is 2.32. The zero-order chi connectivity index (χ0) is 9.59. The van der Waals surface area contributed by atoms with Gasteiger partial charge in [0.05, 0.1) is 11.4 Å². The fourth-order valence-electron chi connectivity index (χ4n) is 1.46. The first-order valence-electron chi connectivity index (χ1n) is 3.90. The first-order chi connectivity index (χ1) is 6.09. The van der Waals surface area contributed by atoms with Gasteiger partial charge in [0.2, 0.25) is 5.78 Å². The molecule has 0 unspecified atom stereocenters. The van der Waals surface area contributed by atoms with Gasteiger partial charge in [0.1, 0.15) is 0 Å². The predicted molar refractivity (Wildman–Crippen MR) is 53.3 cm³/mol. The lowest BCUT2D eigenvalue weighted by Gasteiger charge is -2.02. The van der Waals surface area contributed by atoms with Crippen LogP contribution in [0.1, 0.15) is 15.9 Å². The largest absolute Gasteiger partial charge is 0.352 e.